The lowest BCUT2D eigenvalue weighted by molar-refractivity contribution is 0.202. The molecule has 1 unspecified atom stereocenters. The van der Waals surface area contributed by atoms with E-state index in [1.807, 2.05) is 6.07 Å². The Morgan fingerprint density at radius 2 is 2.21 bits per heavy atom. The Hall–Kier alpha value is -1.60. The van der Waals surface area contributed by atoms with Crippen molar-refractivity contribution in [1.82, 2.24) is 0 Å². The third-order valence-corrected chi connectivity index (χ3v) is 3.68. The summed E-state index contributed by atoms with van der Waals surface area (Å²) in [7, 11) is 1.66. The third kappa shape index (κ3) is 3.45. The molecule has 1 aliphatic rings. The molecule has 102 valence electrons. The molecule has 1 aliphatic carbocycles. The van der Waals surface area contributed by atoms with Crippen molar-refractivity contribution in [3.8, 4) is 6.07 Å². The fraction of sp³-hybridized carbons (Fsp3) is 0.533. The molecular weight excluding hydrogens is 243 g/mol. The molecule has 0 radical (unpaired) electrons. The molecule has 0 amide bonds. The van der Waals surface area contributed by atoms with E-state index in [4.69, 9.17) is 10.00 Å². The molecule has 1 aromatic rings. The van der Waals surface area contributed by atoms with Gasteiger partial charge in [0, 0.05) is 25.4 Å². The molecule has 4 heteroatoms. The second-order valence-corrected chi connectivity index (χ2v) is 5.07. The number of hydrogen-bond donors (Lipinski definition) is 0. The monoisotopic (exact) mass is 262 g/mol. The highest BCUT2D eigenvalue weighted by Gasteiger charge is 2.32. The SMILES string of the molecule is COCCN(c1cc(F)cc(C#N)c1)C(C)C1CC1. The molecular formula is C15H19FN2O. The normalized spacial score (nSPS) is 15.9. The van der Waals surface area contributed by atoms with Crippen LogP contribution in [0.4, 0.5) is 10.1 Å². The topological polar surface area (TPSA) is 36.3 Å². The quantitative estimate of drug-likeness (QED) is 0.790. The van der Waals surface area contributed by atoms with Crippen LogP contribution in [0.25, 0.3) is 0 Å². The minimum absolute atomic E-state index is 0.350. The largest absolute Gasteiger partial charge is 0.383 e. The van der Waals surface area contributed by atoms with Crippen molar-refractivity contribution >= 4 is 5.69 Å². The molecule has 1 fully saturated rings. The van der Waals surface area contributed by atoms with E-state index >= 15 is 0 Å². The average Bonchev–Trinajstić information content (AvgIpc) is 3.22. The van der Waals surface area contributed by atoms with Gasteiger partial charge < -0.3 is 9.64 Å². The van der Waals surface area contributed by atoms with Gasteiger partial charge in [0.1, 0.15) is 5.82 Å². The van der Waals surface area contributed by atoms with Crippen LogP contribution in [0.1, 0.15) is 25.3 Å². The first-order chi connectivity index (χ1) is 9.15. The smallest absolute Gasteiger partial charge is 0.126 e. The Morgan fingerprint density at radius 3 is 2.79 bits per heavy atom. The first-order valence-electron chi connectivity index (χ1n) is 6.62. The van der Waals surface area contributed by atoms with Crippen molar-refractivity contribution in [2.45, 2.75) is 25.8 Å². The first kappa shape index (κ1) is 13.8. The zero-order valence-corrected chi connectivity index (χ0v) is 11.4. The molecule has 0 spiro atoms. The van der Waals surface area contributed by atoms with E-state index in [2.05, 4.69) is 11.8 Å². The summed E-state index contributed by atoms with van der Waals surface area (Å²) in [5, 5.41) is 8.94. The Labute approximate surface area is 113 Å². The van der Waals surface area contributed by atoms with Gasteiger partial charge in [0.15, 0.2) is 0 Å². The summed E-state index contributed by atoms with van der Waals surface area (Å²) in [6, 6.07) is 6.86. The van der Waals surface area contributed by atoms with Crippen molar-refractivity contribution in [3.05, 3.63) is 29.6 Å². The van der Waals surface area contributed by atoms with Gasteiger partial charge in [0.2, 0.25) is 0 Å². The van der Waals surface area contributed by atoms with Crippen molar-refractivity contribution in [3.63, 3.8) is 0 Å². The van der Waals surface area contributed by atoms with E-state index in [0.717, 1.165) is 5.69 Å². The molecule has 1 atom stereocenters. The number of halogens is 1. The number of nitriles is 1. The van der Waals surface area contributed by atoms with Gasteiger partial charge in [-0.15, -0.1) is 0 Å². The summed E-state index contributed by atoms with van der Waals surface area (Å²) >= 11 is 0. The second kappa shape index (κ2) is 6.03. The number of anilines is 1. The fourth-order valence-electron chi connectivity index (χ4n) is 2.40. The summed E-state index contributed by atoms with van der Waals surface area (Å²) in [6.45, 7) is 3.46. The van der Waals surface area contributed by atoms with Crippen LogP contribution < -0.4 is 4.90 Å². The predicted octanol–water partition coefficient (Wildman–Crippen LogP) is 2.95. The summed E-state index contributed by atoms with van der Waals surface area (Å²) in [6.07, 6.45) is 2.45. The van der Waals surface area contributed by atoms with Crippen LogP contribution in [0.15, 0.2) is 18.2 Å². The van der Waals surface area contributed by atoms with E-state index in [9.17, 15) is 4.39 Å². The van der Waals surface area contributed by atoms with E-state index in [0.29, 0.717) is 30.7 Å². The van der Waals surface area contributed by atoms with Crippen LogP contribution in [-0.4, -0.2) is 26.3 Å². The van der Waals surface area contributed by atoms with E-state index in [1.165, 1.54) is 25.0 Å². The summed E-state index contributed by atoms with van der Waals surface area (Å²) in [4.78, 5) is 2.14. The van der Waals surface area contributed by atoms with Gasteiger partial charge in [0.05, 0.1) is 18.2 Å². The average molecular weight is 262 g/mol. The zero-order chi connectivity index (χ0) is 13.8. The van der Waals surface area contributed by atoms with E-state index < -0.39 is 0 Å². The molecule has 19 heavy (non-hydrogen) atoms. The van der Waals surface area contributed by atoms with Gasteiger partial charge in [-0.3, -0.25) is 0 Å². The lowest BCUT2D eigenvalue weighted by atomic mass is 10.1. The molecule has 0 aliphatic heterocycles. The van der Waals surface area contributed by atoms with Crippen LogP contribution in [0.2, 0.25) is 0 Å². The maximum absolute atomic E-state index is 13.6. The molecule has 2 rings (SSSR count). The van der Waals surface area contributed by atoms with Crippen LogP contribution in [0.3, 0.4) is 0 Å². The number of hydrogen-bond acceptors (Lipinski definition) is 3. The van der Waals surface area contributed by atoms with Gasteiger partial charge in [0.25, 0.3) is 0 Å². The van der Waals surface area contributed by atoms with Crippen molar-refractivity contribution in [1.29, 1.82) is 5.26 Å². The highest BCUT2D eigenvalue weighted by molar-refractivity contribution is 5.53. The molecule has 0 saturated heterocycles. The van der Waals surface area contributed by atoms with Crippen LogP contribution in [0.5, 0.6) is 0 Å². The maximum atomic E-state index is 13.6. The standard InChI is InChI=1S/C15H19FN2O/c1-11(13-3-4-13)18(5-6-19-2)15-8-12(10-17)7-14(16)9-15/h7-9,11,13H,3-6H2,1-2H3. The van der Waals surface area contributed by atoms with Gasteiger partial charge in [-0.2, -0.15) is 5.26 Å². The molecule has 0 aromatic heterocycles. The number of benzene rings is 1. The van der Waals surface area contributed by atoms with Gasteiger partial charge in [-0.25, -0.2) is 4.39 Å². The number of methoxy groups -OCH3 is 1. The number of nitrogens with zero attached hydrogens (tertiary/aromatic N) is 2. The van der Waals surface area contributed by atoms with Crippen LogP contribution in [-0.2, 0) is 4.74 Å². The van der Waals surface area contributed by atoms with E-state index in [1.54, 1.807) is 13.2 Å². The minimum atomic E-state index is -0.362. The highest BCUT2D eigenvalue weighted by Crippen LogP contribution is 2.37. The Bertz CT molecular complexity index is 480. The number of rotatable bonds is 6. The molecule has 3 nitrogen and oxygen atoms in total. The first-order valence-corrected chi connectivity index (χ1v) is 6.62. The summed E-state index contributed by atoms with van der Waals surface area (Å²) < 4.78 is 18.7. The number of ether oxygens (including phenoxy) is 1. The molecule has 1 saturated carbocycles. The van der Waals surface area contributed by atoms with E-state index in [-0.39, 0.29) is 5.82 Å². The van der Waals surface area contributed by atoms with Crippen molar-refractivity contribution < 1.29 is 9.13 Å². The predicted molar refractivity (Wildman–Crippen MR) is 72.5 cm³/mol. The van der Waals surface area contributed by atoms with Crippen LogP contribution in [0, 0.1) is 23.1 Å². The Balaban J connectivity index is 2.25. The zero-order valence-electron chi connectivity index (χ0n) is 11.4. The fourth-order valence-corrected chi connectivity index (χ4v) is 2.40. The summed E-state index contributed by atoms with van der Waals surface area (Å²) in [5.41, 5.74) is 1.13. The maximum Gasteiger partial charge on any atom is 0.126 e. The molecule has 1 aromatic carbocycles. The van der Waals surface area contributed by atoms with Gasteiger partial charge in [-0.1, -0.05) is 0 Å². The Morgan fingerprint density at radius 1 is 1.47 bits per heavy atom. The van der Waals surface area contributed by atoms with Gasteiger partial charge >= 0.3 is 0 Å². The van der Waals surface area contributed by atoms with Crippen molar-refractivity contribution in [2.75, 3.05) is 25.2 Å². The van der Waals surface area contributed by atoms with Gasteiger partial charge in [-0.05, 0) is 43.9 Å². The van der Waals surface area contributed by atoms with Crippen LogP contribution >= 0.6 is 0 Å². The van der Waals surface area contributed by atoms with Crippen molar-refractivity contribution in [2.24, 2.45) is 5.92 Å². The molecule has 0 heterocycles. The third-order valence-electron chi connectivity index (χ3n) is 3.68. The minimum Gasteiger partial charge on any atom is -0.383 e. The lowest BCUT2D eigenvalue weighted by Crippen LogP contribution is -2.37. The highest BCUT2D eigenvalue weighted by atomic mass is 19.1. The lowest BCUT2D eigenvalue weighted by Gasteiger charge is -2.31. The summed E-state index contributed by atoms with van der Waals surface area (Å²) in [5.74, 6) is 0.310. The second-order valence-electron chi connectivity index (χ2n) is 5.07. The Kier molecular flexibility index (Phi) is 4.39. The molecule has 0 N–H and O–H groups in total. The molecule has 0 bridgehead atoms.